The van der Waals surface area contributed by atoms with Gasteiger partial charge in [-0.05, 0) is 64.2 Å². The van der Waals surface area contributed by atoms with E-state index in [0.29, 0.717) is 23.9 Å². The Balaban J connectivity index is 4.01. The molecule has 1 amide bonds. The number of nitrogens with zero attached hydrogens (tertiary/aromatic N) is 1. The summed E-state index contributed by atoms with van der Waals surface area (Å²) >= 11 is 0. The molecule has 2 N–H and O–H groups in total. The van der Waals surface area contributed by atoms with Crippen LogP contribution < -0.4 is 10.2 Å². The Morgan fingerprint density at radius 3 is 1.07 bits per heavy atom. The van der Waals surface area contributed by atoms with Gasteiger partial charge in [0.25, 0.3) is 7.82 Å². The molecule has 0 saturated heterocycles. The van der Waals surface area contributed by atoms with E-state index in [9.17, 15) is 19.4 Å². The minimum absolute atomic E-state index is 0.0118. The third-order valence-corrected chi connectivity index (χ3v) is 17.2. The van der Waals surface area contributed by atoms with Crippen LogP contribution in [0.3, 0.4) is 0 Å². The highest BCUT2D eigenvalue weighted by Gasteiger charge is 2.24. The van der Waals surface area contributed by atoms with E-state index in [0.717, 1.165) is 77.0 Å². The summed E-state index contributed by atoms with van der Waals surface area (Å²) < 4.78 is 23.6. The van der Waals surface area contributed by atoms with Gasteiger partial charge in [-0.15, -0.1) is 0 Å². The highest BCUT2D eigenvalue weighted by Crippen LogP contribution is 2.38. The normalized spacial score (nSPS) is 14.1. The zero-order valence-corrected chi connectivity index (χ0v) is 56.5. The molecule has 83 heavy (non-hydrogen) atoms. The fourth-order valence-electron chi connectivity index (χ4n) is 10.7. The fourth-order valence-corrected chi connectivity index (χ4v) is 11.4. The molecule has 0 heterocycles. The van der Waals surface area contributed by atoms with Crippen LogP contribution in [0.1, 0.15) is 341 Å². The number of aliphatic hydroxyl groups excluding tert-OH is 1. The molecule has 3 unspecified atom stereocenters. The lowest BCUT2D eigenvalue weighted by atomic mass is 10.0. The van der Waals surface area contributed by atoms with Crippen LogP contribution in [-0.2, 0) is 18.4 Å². The summed E-state index contributed by atoms with van der Waals surface area (Å²) in [6.07, 6.45) is 89.8. The first-order chi connectivity index (χ1) is 40.5. The predicted octanol–water partition coefficient (Wildman–Crippen LogP) is 22.3. The van der Waals surface area contributed by atoms with Gasteiger partial charge in [-0.2, -0.15) is 0 Å². The number of amides is 1. The van der Waals surface area contributed by atoms with Crippen molar-refractivity contribution < 1.29 is 32.9 Å². The van der Waals surface area contributed by atoms with Gasteiger partial charge in [0.05, 0.1) is 39.9 Å². The molecule has 0 saturated carbocycles. The second-order valence-corrected chi connectivity index (χ2v) is 27.0. The summed E-state index contributed by atoms with van der Waals surface area (Å²) in [7, 11) is 1.31. The Morgan fingerprint density at radius 2 is 0.735 bits per heavy atom. The fraction of sp³-hybridized carbons (Fsp3) is 0.824. The van der Waals surface area contributed by atoms with Crippen molar-refractivity contribution in [3.63, 3.8) is 0 Å². The van der Waals surface area contributed by atoms with Crippen LogP contribution in [0.5, 0.6) is 0 Å². The number of carbonyl (C=O) groups excluding carboxylic acids is 1. The van der Waals surface area contributed by atoms with Gasteiger partial charge in [0.15, 0.2) is 0 Å². The van der Waals surface area contributed by atoms with Gasteiger partial charge in [0.2, 0.25) is 5.91 Å². The maximum atomic E-state index is 13.1. The van der Waals surface area contributed by atoms with Crippen molar-refractivity contribution in [3.8, 4) is 0 Å². The Bertz CT molecular complexity index is 1580. The molecule has 0 aromatic heterocycles. The molecule has 486 valence electrons. The summed E-state index contributed by atoms with van der Waals surface area (Å²) in [5.41, 5.74) is 0. The van der Waals surface area contributed by atoms with Crippen LogP contribution in [0.15, 0.2) is 72.9 Å². The number of quaternary nitrogens is 1. The van der Waals surface area contributed by atoms with Gasteiger partial charge in [-0.25, -0.2) is 0 Å². The van der Waals surface area contributed by atoms with Crippen LogP contribution in [-0.4, -0.2) is 68.5 Å². The van der Waals surface area contributed by atoms with Gasteiger partial charge in [0, 0.05) is 6.42 Å². The topological polar surface area (TPSA) is 108 Å². The zero-order chi connectivity index (χ0) is 60.5. The number of aliphatic hydroxyl groups is 1. The molecule has 9 heteroatoms. The van der Waals surface area contributed by atoms with Crippen molar-refractivity contribution >= 4 is 13.7 Å². The molecule has 0 bridgehead atoms. The van der Waals surface area contributed by atoms with Gasteiger partial charge in [-0.1, -0.05) is 344 Å². The van der Waals surface area contributed by atoms with Gasteiger partial charge in [-0.3, -0.25) is 9.36 Å². The highest BCUT2D eigenvalue weighted by molar-refractivity contribution is 7.45. The number of likely N-dealkylation sites (N-methyl/N-ethyl adjacent to an activating group) is 1. The van der Waals surface area contributed by atoms with Crippen LogP contribution >= 0.6 is 7.82 Å². The third-order valence-electron chi connectivity index (χ3n) is 16.2. The number of hydrogen-bond donors (Lipinski definition) is 2. The summed E-state index contributed by atoms with van der Waals surface area (Å²) in [5.74, 6) is -0.161. The summed E-state index contributed by atoms with van der Waals surface area (Å²) in [6, 6.07) is -0.805. The van der Waals surface area contributed by atoms with Crippen molar-refractivity contribution in [2.45, 2.75) is 353 Å². The highest BCUT2D eigenvalue weighted by atomic mass is 31.2. The van der Waals surface area contributed by atoms with Crippen molar-refractivity contribution in [1.82, 2.24) is 5.32 Å². The van der Waals surface area contributed by atoms with Crippen molar-refractivity contribution in [2.24, 2.45) is 0 Å². The Labute approximate surface area is 516 Å². The van der Waals surface area contributed by atoms with Crippen LogP contribution in [0, 0.1) is 0 Å². The molecule has 3 atom stereocenters. The molecule has 0 rings (SSSR count). The first-order valence-corrected chi connectivity index (χ1v) is 37.2. The molecule has 0 aromatic carbocycles. The van der Waals surface area contributed by atoms with Crippen molar-refractivity contribution in [2.75, 3.05) is 40.9 Å². The van der Waals surface area contributed by atoms with E-state index in [1.54, 1.807) is 0 Å². The second-order valence-electron chi connectivity index (χ2n) is 25.6. The summed E-state index contributed by atoms with van der Waals surface area (Å²) in [6.45, 7) is 4.65. The maximum Gasteiger partial charge on any atom is 0.268 e. The molecule has 0 aromatic rings. The van der Waals surface area contributed by atoms with Gasteiger partial charge in [0.1, 0.15) is 13.2 Å². The quantitative estimate of drug-likeness (QED) is 0.0272. The lowest BCUT2D eigenvalue weighted by Crippen LogP contribution is -2.46. The van der Waals surface area contributed by atoms with Crippen molar-refractivity contribution in [3.05, 3.63) is 72.9 Å². The summed E-state index contributed by atoms with van der Waals surface area (Å²) in [4.78, 5) is 25.7. The van der Waals surface area contributed by atoms with E-state index >= 15 is 0 Å². The van der Waals surface area contributed by atoms with E-state index in [1.807, 2.05) is 21.1 Å². The molecule has 0 aliphatic carbocycles. The van der Waals surface area contributed by atoms with Gasteiger partial charge < -0.3 is 28.8 Å². The number of nitrogens with one attached hydrogen (secondary N) is 1. The number of allylic oxidation sites excluding steroid dienone is 12. The molecule has 0 fully saturated rings. The third kappa shape index (κ3) is 67.3. The molecule has 0 spiro atoms. The molecular formula is C74H139N2O6P. The Hall–Kier alpha value is -2.06. The average molecular weight is 1180 g/mol. The standard InChI is InChI=1S/C74H139N2O6P/c1-6-8-10-12-14-16-18-20-22-24-26-28-30-32-34-35-36-37-38-39-40-41-42-44-46-48-50-52-54-56-58-60-62-64-66-68-74(78)75-72(71-82-83(79,80)81-70-69-76(3,4)5)73(77)67-65-63-61-59-57-55-53-51-49-47-45-43-33-31-29-27-25-23-21-19-17-15-13-11-9-7-2/h8,10,14,16,20,22,26,28,32,34,36-37,72-73,77H,6-7,9,11-13,15,17-19,21,23-25,27,29-31,33,35,38-71H2,1-5H3,(H-,75,78,79,80)/b10-8-,16-14-,22-20-,28-26-,34-32-,37-36-. The Morgan fingerprint density at radius 1 is 0.434 bits per heavy atom. The molecular weight excluding hydrogens is 1040 g/mol. The molecule has 0 radical (unpaired) electrons. The smallest absolute Gasteiger partial charge is 0.268 e. The van der Waals surface area contributed by atoms with Crippen LogP contribution in [0.25, 0.3) is 0 Å². The predicted molar refractivity (Wildman–Crippen MR) is 362 cm³/mol. The summed E-state index contributed by atoms with van der Waals surface area (Å²) in [5, 5.41) is 14.1. The molecule has 0 aliphatic heterocycles. The first kappa shape index (κ1) is 80.9. The lowest BCUT2D eigenvalue weighted by molar-refractivity contribution is -0.870. The number of hydrogen-bond acceptors (Lipinski definition) is 6. The zero-order valence-electron chi connectivity index (χ0n) is 55.6. The minimum atomic E-state index is -4.58. The Kier molecular flexibility index (Phi) is 62.8. The largest absolute Gasteiger partial charge is 0.756 e. The van der Waals surface area contributed by atoms with Crippen molar-refractivity contribution in [1.29, 1.82) is 0 Å². The SMILES string of the molecule is CC/C=C\C/C=C\C/C=C\C/C=C\C/C=C\C/C=C\CCCCCCCCCCCCCCCCCCC(=O)NC(COP(=O)([O-])OCC[N+](C)(C)C)C(O)CCCCCCCCCCCCCCCCCCCCCCCCCCCC. The first-order valence-electron chi connectivity index (χ1n) is 35.8. The van der Waals surface area contributed by atoms with E-state index in [1.165, 1.54) is 238 Å². The maximum absolute atomic E-state index is 13.1. The molecule has 8 nitrogen and oxygen atoms in total. The van der Waals surface area contributed by atoms with Gasteiger partial charge >= 0.3 is 0 Å². The number of rotatable bonds is 66. The number of phosphoric ester groups is 1. The monoisotopic (exact) mass is 1180 g/mol. The van der Waals surface area contributed by atoms with Crippen LogP contribution in [0.4, 0.5) is 0 Å². The second kappa shape index (κ2) is 64.4. The van der Waals surface area contributed by atoms with E-state index in [-0.39, 0.29) is 19.1 Å². The van der Waals surface area contributed by atoms with E-state index < -0.39 is 20.0 Å². The number of unbranched alkanes of at least 4 members (excludes halogenated alkanes) is 41. The van der Waals surface area contributed by atoms with Crippen LogP contribution in [0.2, 0.25) is 0 Å². The number of carbonyl (C=O) groups is 1. The van der Waals surface area contributed by atoms with E-state index in [2.05, 4.69) is 92.1 Å². The number of phosphoric acid groups is 1. The lowest BCUT2D eigenvalue weighted by Gasteiger charge is -2.30. The average Bonchev–Trinajstić information content (AvgIpc) is 3.49. The molecule has 0 aliphatic rings. The van der Waals surface area contributed by atoms with E-state index in [4.69, 9.17) is 9.05 Å². The minimum Gasteiger partial charge on any atom is -0.756 e.